The molecule has 0 spiro atoms. The number of hydrogen-bond acceptors (Lipinski definition) is 4. The molecule has 0 amide bonds. The average Bonchev–Trinajstić information content (AvgIpc) is 3.11. The molecule has 0 unspecified atom stereocenters. The molecule has 0 bridgehead atoms. The van der Waals surface area contributed by atoms with E-state index in [0.717, 1.165) is 11.1 Å². The van der Waals surface area contributed by atoms with E-state index in [1.807, 2.05) is 19.1 Å². The second-order valence-corrected chi connectivity index (χ2v) is 7.72. The fraction of sp³-hybridized carbons (Fsp3) is 0.500. The Balaban J connectivity index is 2.50. The van der Waals surface area contributed by atoms with Gasteiger partial charge in [-0.15, -0.1) is 0 Å². The van der Waals surface area contributed by atoms with Gasteiger partial charge in [-0.3, -0.25) is 4.79 Å². The first kappa shape index (κ1) is 15.0. The summed E-state index contributed by atoms with van der Waals surface area (Å²) in [5, 5.41) is 8.55. The van der Waals surface area contributed by atoms with Crippen LogP contribution < -0.4 is 5.73 Å². The van der Waals surface area contributed by atoms with Crippen molar-refractivity contribution in [3.05, 3.63) is 35.4 Å². The van der Waals surface area contributed by atoms with Crippen LogP contribution in [0.25, 0.3) is 0 Å². The fourth-order valence-electron chi connectivity index (χ4n) is 2.94. The standard InChI is InChI=1S/C14H19NO4S/c1-3-20(18,19)12-11(14(12,8-15)13(16)17)10-6-4-9(2)5-7-10/h4-7,11-12H,3,8,15H2,1-2H3,(H,16,17)/t11-,12-,14+/m1/s1. The lowest BCUT2D eigenvalue weighted by Crippen LogP contribution is -2.32. The number of sulfone groups is 1. The van der Waals surface area contributed by atoms with E-state index in [9.17, 15) is 18.3 Å². The van der Waals surface area contributed by atoms with Gasteiger partial charge in [0.25, 0.3) is 0 Å². The second-order valence-electron chi connectivity index (χ2n) is 5.31. The number of hydrogen-bond donors (Lipinski definition) is 2. The summed E-state index contributed by atoms with van der Waals surface area (Å²) >= 11 is 0. The van der Waals surface area contributed by atoms with Gasteiger partial charge in [-0.2, -0.15) is 0 Å². The molecule has 1 saturated carbocycles. The highest BCUT2D eigenvalue weighted by atomic mass is 32.2. The summed E-state index contributed by atoms with van der Waals surface area (Å²) in [6, 6.07) is 7.29. The quantitative estimate of drug-likeness (QED) is 0.842. The van der Waals surface area contributed by atoms with Crippen LogP contribution in [-0.2, 0) is 14.6 Å². The van der Waals surface area contributed by atoms with Crippen LogP contribution >= 0.6 is 0 Å². The van der Waals surface area contributed by atoms with Crippen molar-refractivity contribution < 1.29 is 18.3 Å². The van der Waals surface area contributed by atoms with Gasteiger partial charge >= 0.3 is 5.97 Å². The van der Waals surface area contributed by atoms with Crippen LogP contribution in [0, 0.1) is 12.3 Å². The molecule has 6 heteroatoms. The molecule has 1 fully saturated rings. The Labute approximate surface area is 118 Å². The van der Waals surface area contributed by atoms with Gasteiger partial charge in [-0.05, 0) is 12.5 Å². The maximum absolute atomic E-state index is 12.2. The van der Waals surface area contributed by atoms with Crippen molar-refractivity contribution in [2.24, 2.45) is 11.1 Å². The van der Waals surface area contributed by atoms with Crippen molar-refractivity contribution in [1.82, 2.24) is 0 Å². The Morgan fingerprint density at radius 2 is 1.90 bits per heavy atom. The smallest absolute Gasteiger partial charge is 0.312 e. The minimum absolute atomic E-state index is 0.0743. The third kappa shape index (κ3) is 2.03. The second kappa shape index (κ2) is 4.86. The molecule has 0 aromatic heterocycles. The summed E-state index contributed by atoms with van der Waals surface area (Å²) in [6.45, 7) is 3.28. The van der Waals surface area contributed by atoms with Gasteiger partial charge in [0.2, 0.25) is 0 Å². The van der Waals surface area contributed by atoms with E-state index in [0.29, 0.717) is 0 Å². The van der Waals surface area contributed by atoms with Gasteiger partial charge < -0.3 is 10.8 Å². The van der Waals surface area contributed by atoms with Crippen LogP contribution in [0.2, 0.25) is 0 Å². The number of aliphatic carboxylic acids is 1. The molecule has 1 aliphatic carbocycles. The molecular weight excluding hydrogens is 278 g/mol. The highest BCUT2D eigenvalue weighted by molar-refractivity contribution is 7.92. The van der Waals surface area contributed by atoms with E-state index in [2.05, 4.69) is 0 Å². The zero-order valence-corrected chi connectivity index (χ0v) is 12.4. The molecule has 0 radical (unpaired) electrons. The highest BCUT2D eigenvalue weighted by Crippen LogP contribution is 2.62. The van der Waals surface area contributed by atoms with Crippen molar-refractivity contribution in [3.8, 4) is 0 Å². The number of rotatable bonds is 5. The molecule has 20 heavy (non-hydrogen) atoms. The molecule has 3 atom stereocenters. The average molecular weight is 297 g/mol. The van der Waals surface area contributed by atoms with Crippen molar-refractivity contribution in [1.29, 1.82) is 0 Å². The van der Waals surface area contributed by atoms with Gasteiger partial charge in [0.15, 0.2) is 9.84 Å². The normalized spacial score (nSPS) is 29.1. The highest BCUT2D eigenvalue weighted by Gasteiger charge is 2.74. The first-order chi connectivity index (χ1) is 9.31. The van der Waals surface area contributed by atoms with Gasteiger partial charge in [0, 0.05) is 18.2 Å². The van der Waals surface area contributed by atoms with E-state index in [4.69, 9.17) is 5.73 Å². The largest absolute Gasteiger partial charge is 0.481 e. The lowest BCUT2D eigenvalue weighted by Gasteiger charge is -2.09. The van der Waals surface area contributed by atoms with Crippen LogP contribution in [-0.4, -0.2) is 37.0 Å². The van der Waals surface area contributed by atoms with Crippen LogP contribution in [0.3, 0.4) is 0 Å². The lowest BCUT2D eigenvalue weighted by molar-refractivity contribution is -0.143. The predicted octanol–water partition coefficient (Wildman–Crippen LogP) is 0.925. The Morgan fingerprint density at radius 3 is 2.30 bits per heavy atom. The first-order valence-electron chi connectivity index (χ1n) is 6.53. The number of carbonyl (C=O) groups is 1. The molecule has 0 saturated heterocycles. The van der Waals surface area contributed by atoms with Crippen molar-refractivity contribution in [2.75, 3.05) is 12.3 Å². The minimum atomic E-state index is -3.46. The van der Waals surface area contributed by atoms with Crippen LogP contribution in [0.5, 0.6) is 0 Å². The number of aryl methyl sites for hydroxylation is 1. The predicted molar refractivity (Wildman–Crippen MR) is 76.3 cm³/mol. The third-order valence-corrected chi connectivity index (χ3v) is 6.49. The number of carboxylic acid groups (broad SMARTS) is 1. The van der Waals surface area contributed by atoms with Gasteiger partial charge in [0.1, 0.15) is 5.41 Å². The van der Waals surface area contributed by atoms with E-state index in [1.165, 1.54) is 6.92 Å². The summed E-state index contributed by atoms with van der Waals surface area (Å²) in [4.78, 5) is 11.6. The van der Waals surface area contributed by atoms with Gasteiger partial charge in [-0.1, -0.05) is 36.8 Å². The Kier molecular flexibility index (Phi) is 3.64. The molecule has 1 aliphatic rings. The molecule has 110 valence electrons. The van der Waals surface area contributed by atoms with Crippen molar-refractivity contribution in [3.63, 3.8) is 0 Å². The molecule has 2 rings (SSSR count). The number of carboxylic acids is 1. The molecule has 5 nitrogen and oxygen atoms in total. The van der Waals surface area contributed by atoms with Crippen LogP contribution in [0.1, 0.15) is 24.0 Å². The van der Waals surface area contributed by atoms with Crippen molar-refractivity contribution >= 4 is 15.8 Å². The fourth-order valence-corrected chi connectivity index (χ4v) is 5.02. The first-order valence-corrected chi connectivity index (χ1v) is 8.24. The van der Waals surface area contributed by atoms with E-state index >= 15 is 0 Å². The summed E-state index contributed by atoms with van der Waals surface area (Å²) in [6.07, 6.45) is 0. The summed E-state index contributed by atoms with van der Waals surface area (Å²) in [5.74, 6) is -1.77. The summed E-state index contributed by atoms with van der Waals surface area (Å²) in [7, 11) is -3.46. The van der Waals surface area contributed by atoms with Crippen LogP contribution in [0.15, 0.2) is 24.3 Å². The molecule has 1 aromatic carbocycles. The maximum atomic E-state index is 12.2. The maximum Gasteiger partial charge on any atom is 0.312 e. The van der Waals surface area contributed by atoms with Crippen molar-refractivity contribution in [2.45, 2.75) is 25.0 Å². The number of nitrogens with two attached hydrogens (primary N) is 1. The zero-order chi connectivity index (χ0) is 15.1. The Hall–Kier alpha value is -1.40. The van der Waals surface area contributed by atoms with E-state index < -0.39 is 32.4 Å². The Morgan fingerprint density at radius 1 is 1.35 bits per heavy atom. The number of benzene rings is 1. The molecule has 3 N–H and O–H groups in total. The van der Waals surface area contributed by atoms with Crippen LogP contribution in [0.4, 0.5) is 0 Å². The minimum Gasteiger partial charge on any atom is -0.481 e. The Bertz CT molecular complexity index is 623. The van der Waals surface area contributed by atoms with Gasteiger partial charge in [-0.25, -0.2) is 8.42 Å². The SMILES string of the molecule is CCS(=O)(=O)[C@@H]1[C@@H](c2ccc(C)cc2)[C@]1(CN)C(=O)O. The topological polar surface area (TPSA) is 97.5 Å². The molecule has 0 heterocycles. The monoisotopic (exact) mass is 297 g/mol. The molecule has 1 aromatic rings. The molecule has 0 aliphatic heterocycles. The van der Waals surface area contributed by atoms with Gasteiger partial charge in [0.05, 0.1) is 5.25 Å². The zero-order valence-electron chi connectivity index (χ0n) is 11.5. The van der Waals surface area contributed by atoms with E-state index in [1.54, 1.807) is 12.1 Å². The lowest BCUT2D eigenvalue weighted by atomic mass is 9.99. The molecular formula is C14H19NO4S. The summed E-state index contributed by atoms with van der Waals surface area (Å²) < 4.78 is 24.3. The van der Waals surface area contributed by atoms with E-state index in [-0.39, 0.29) is 12.3 Å². The summed E-state index contributed by atoms with van der Waals surface area (Å²) in [5.41, 5.74) is 6.01. The third-order valence-electron chi connectivity index (χ3n) is 4.22.